The van der Waals surface area contributed by atoms with Gasteiger partial charge >= 0.3 is 0 Å². The van der Waals surface area contributed by atoms with Crippen molar-refractivity contribution < 1.29 is 9.90 Å². The number of aliphatic hydroxyl groups is 1. The van der Waals surface area contributed by atoms with Gasteiger partial charge in [0.05, 0.1) is 11.4 Å². The fraction of sp³-hybridized carbons (Fsp3) is 0.182. The van der Waals surface area contributed by atoms with Crippen LogP contribution in [0.2, 0.25) is 0 Å². The van der Waals surface area contributed by atoms with Gasteiger partial charge in [0.15, 0.2) is 5.23 Å². The van der Waals surface area contributed by atoms with Crippen molar-refractivity contribution in [3.63, 3.8) is 0 Å². The van der Waals surface area contributed by atoms with Crippen LogP contribution in [0.4, 0.5) is 0 Å². The highest BCUT2D eigenvalue weighted by Crippen LogP contribution is 2.43. The number of rotatable bonds is 1. The van der Waals surface area contributed by atoms with E-state index in [2.05, 4.69) is 0 Å². The Morgan fingerprint density at radius 2 is 2.00 bits per heavy atom. The molecule has 1 aliphatic rings. The van der Waals surface area contributed by atoms with Crippen LogP contribution in [0, 0.1) is 0 Å². The van der Waals surface area contributed by atoms with E-state index in [9.17, 15) is 9.90 Å². The summed E-state index contributed by atoms with van der Waals surface area (Å²) in [4.78, 5) is 10.7. The van der Waals surface area contributed by atoms with Gasteiger partial charge in [0.2, 0.25) is 0 Å². The van der Waals surface area contributed by atoms with Gasteiger partial charge in [-0.15, -0.1) is 0 Å². The van der Waals surface area contributed by atoms with E-state index >= 15 is 0 Å². The first-order valence-electron chi connectivity index (χ1n) is 4.34. The molecular weight excluding hydrogens is 196 g/mol. The quantitative estimate of drug-likeness (QED) is 0.713. The smallest absolute Gasteiger partial charge is 0.160 e. The molecule has 0 bridgehead atoms. The van der Waals surface area contributed by atoms with Crippen LogP contribution in [0.15, 0.2) is 41.8 Å². The van der Waals surface area contributed by atoms with Crippen molar-refractivity contribution in [2.75, 3.05) is 0 Å². The van der Waals surface area contributed by atoms with Gasteiger partial charge < -0.3 is 5.11 Å². The first-order valence-corrected chi connectivity index (χ1v) is 5.69. The fourth-order valence-electron chi connectivity index (χ4n) is 1.57. The van der Waals surface area contributed by atoms with Crippen LogP contribution in [0.5, 0.6) is 0 Å². The van der Waals surface area contributed by atoms with Gasteiger partial charge in [0.1, 0.15) is 0 Å². The molecule has 72 valence electrons. The zero-order chi connectivity index (χ0) is 9.97. The lowest BCUT2D eigenvalue weighted by Crippen LogP contribution is -2.09. The largest absolute Gasteiger partial charge is 0.387 e. The molecule has 0 spiro atoms. The monoisotopic (exact) mass is 206 g/mol. The van der Waals surface area contributed by atoms with E-state index < -0.39 is 16.6 Å². The molecule has 1 aromatic rings. The second-order valence-electron chi connectivity index (χ2n) is 3.11. The molecule has 0 aromatic heterocycles. The molecule has 3 heteroatoms. The second kappa shape index (κ2) is 3.93. The van der Waals surface area contributed by atoms with Crippen LogP contribution in [-0.4, -0.2) is 16.4 Å². The summed E-state index contributed by atoms with van der Waals surface area (Å²) in [7, 11) is -0.589. The van der Waals surface area contributed by atoms with Gasteiger partial charge in [-0.1, -0.05) is 40.8 Å². The normalized spacial score (nSPS) is 30.2. The van der Waals surface area contributed by atoms with Gasteiger partial charge in [-0.25, -0.2) is 4.79 Å². The summed E-state index contributed by atoms with van der Waals surface area (Å²) in [6.45, 7) is 0. The fourth-order valence-corrected chi connectivity index (χ4v) is 3.07. The van der Waals surface area contributed by atoms with Gasteiger partial charge in [-0.2, -0.15) is 0 Å². The molecule has 1 aliphatic heterocycles. The number of hydrogen-bond acceptors (Lipinski definition) is 2. The molecule has 0 radical (unpaired) electrons. The van der Waals surface area contributed by atoms with E-state index in [0.29, 0.717) is 0 Å². The summed E-state index contributed by atoms with van der Waals surface area (Å²) in [5.41, 5.74) is 0.997. The van der Waals surface area contributed by atoms with Crippen molar-refractivity contribution in [1.29, 1.82) is 0 Å². The van der Waals surface area contributed by atoms with Crippen molar-refractivity contribution in [3.05, 3.63) is 47.4 Å². The van der Waals surface area contributed by atoms with E-state index in [1.54, 1.807) is 11.5 Å². The third-order valence-corrected chi connectivity index (χ3v) is 3.97. The maximum atomic E-state index is 10.7. The molecular formula is C11H10O2S. The zero-order valence-electron chi connectivity index (χ0n) is 7.46. The van der Waals surface area contributed by atoms with Crippen molar-refractivity contribution in [1.82, 2.24) is 0 Å². The molecule has 0 saturated carbocycles. The molecule has 3 unspecified atom stereocenters. The Labute approximate surface area is 84.8 Å². The lowest BCUT2D eigenvalue weighted by molar-refractivity contribution is 0.223. The summed E-state index contributed by atoms with van der Waals surface area (Å²) in [5.74, 6) is 0. The predicted octanol–water partition coefficient (Wildman–Crippen LogP) is 1.95. The molecule has 1 heterocycles. The van der Waals surface area contributed by atoms with Crippen LogP contribution in [0.3, 0.4) is 0 Å². The molecule has 3 atom stereocenters. The first kappa shape index (κ1) is 9.41. The maximum Gasteiger partial charge on any atom is 0.160 e. The molecule has 0 fully saturated rings. The molecule has 0 amide bonds. The van der Waals surface area contributed by atoms with E-state index in [1.807, 2.05) is 35.6 Å². The molecule has 2 nitrogen and oxygen atoms in total. The van der Waals surface area contributed by atoms with Crippen LogP contribution in [0.25, 0.3) is 0 Å². The Bertz CT molecular complexity index is 405. The summed E-state index contributed by atoms with van der Waals surface area (Å²) >= 11 is 0. The van der Waals surface area contributed by atoms with Crippen LogP contribution >= 0.6 is 10.5 Å². The van der Waals surface area contributed by atoms with Crippen LogP contribution < -0.4 is 0 Å². The summed E-state index contributed by atoms with van der Waals surface area (Å²) in [6, 6.07) is 9.59. The summed E-state index contributed by atoms with van der Waals surface area (Å²) < 4.78 is 0. The molecule has 0 saturated heterocycles. The minimum absolute atomic E-state index is 0.131. The Kier molecular flexibility index (Phi) is 2.64. The zero-order valence-corrected chi connectivity index (χ0v) is 8.28. The van der Waals surface area contributed by atoms with Crippen molar-refractivity contribution in [3.8, 4) is 0 Å². The van der Waals surface area contributed by atoms with Gasteiger partial charge in [-0.3, -0.25) is 0 Å². The average molecular weight is 206 g/mol. The Balaban J connectivity index is 2.40. The van der Waals surface area contributed by atoms with Crippen molar-refractivity contribution >= 4 is 15.7 Å². The highest BCUT2D eigenvalue weighted by molar-refractivity contribution is 8.17. The minimum Gasteiger partial charge on any atom is -0.387 e. The molecule has 1 aromatic carbocycles. The van der Waals surface area contributed by atoms with Gasteiger partial charge in [-0.05, 0) is 17.0 Å². The summed E-state index contributed by atoms with van der Waals surface area (Å²) in [6.07, 6.45) is 1.12. The topological polar surface area (TPSA) is 37.3 Å². The lowest BCUT2D eigenvalue weighted by Gasteiger charge is -2.14. The Morgan fingerprint density at radius 3 is 2.64 bits per heavy atom. The molecule has 0 aliphatic carbocycles. The molecule has 2 rings (SSSR count). The van der Waals surface area contributed by atoms with Crippen molar-refractivity contribution in [2.45, 2.75) is 11.4 Å². The highest BCUT2D eigenvalue weighted by atomic mass is 32.2. The van der Waals surface area contributed by atoms with E-state index in [-0.39, 0.29) is 5.25 Å². The Morgan fingerprint density at radius 1 is 1.29 bits per heavy atom. The maximum absolute atomic E-state index is 10.7. The van der Waals surface area contributed by atoms with Crippen LogP contribution in [-0.2, 0) is 4.79 Å². The summed E-state index contributed by atoms with van der Waals surface area (Å²) in [5, 5.41) is 13.3. The Hall–Kier alpha value is -1.15. The number of benzene rings is 1. The van der Waals surface area contributed by atoms with Crippen LogP contribution in [0.1, 0.15) is 10.8 Å². The van der Waals surface area contributed by atoms with Crippen molar-refractivity contribution in [2.24, 2.45) is 0 Å². The van der Waals surface area contributed by atoms with E-state index in [1.165, 1.54) is 0 Å². The molecule has 1 N–H and O–H groups in total. The first-order chi connectivity index (χ1) is 6.83. The number of carbonyl (C=O) groups excluding carboxylic acids is 1. The average Bonchev–Trinajstić information content (AvgIpc) is 2.61. The third kappa shape index (κ3) is 1.58. The lowest BCUT2D eigenvalue weighted by atomic mass is 10.1. The minimum atomic E-state index is -0.589. The number of aliphatic hydroxyl groups excluding tert-OH is 1. The van der Waals surface area contributed by atoms with Gasteiger partial charge in [0.25, 0.3) is 0 Å². The molecule has 14 heavy (non-hydrogen) atoms. The highest BCUT2D eigenvalue weighted by Gasteiger charge is 2.26. The third-order valence-electron chi connectivity index (χ3n) is 2.23. The number of hydrogen-bond donors (Lipinski definition) is 1. The van der Waals surface area contributed by atoms with E-state index in [4.69, 9.17) is 0 Å². The van der Waals surface area contributed by atoms with Gasteiger partial charge in [0, 0.05) is 0 Å². The predicted molar refractivity (Wildman–Crippen MR) is 57.6 cm³/mol. The second-order valence-corrected chi connectivity index (χ2v) is 4.80. The SMILES string of the molecule is O=C=S1C=CC(O)C1c1ccccc1. The standard InChI is InChI=1S/C11H10O2S/c12-8-14-7-6-10(13)11(14)9-4-2-1-3-5-9/h1-7,10-11,13H. The van der Waals surface area contributed by atoms with E-state index in [0.717, 1.165) is 5.56 Å².